The lowest BCUT2D eigenvalue weighted by Gasteiger charge is -2.24. The predicted octanol–water partition coefficient (Wildman–Crippen LogP) is 2.13. The van der Waals surface area contributed by atoms with Gasteiger partial charge in [0.1, 0.15) is 0 Å². The standard InChI is InChI=1S/C16H24N2O3/c1-11(2)18(10-16(20)21-5)9-15(19)17-14-7-6-12(3)13(4)8-14/h6-8,11H,9-10H2,1-5H3,(H,17,19). The highest BCUT2D eigenvalue weighted by Crippen LogP contribution is 2.14. The van der Waals surface area contributed by atoms with Crippen molar-refractivity contribution in [3.05, 3.63) is 29.3 Å². The molecule has 0 unspecified atom stereocenters. The number of rotatable bonds is 6. The number of esters is 1. The van der Waals surface area contributed by atoms with Gasteiger partial charge in [0.05, 0.1) is 20.2 Å². The molecule has 0 aliphatic heterocycles. The molecule has 0 aliphatic carbocycles. The fourth-order valence-electron chi connectivity index (χ4n) is 1.86. The van der Waals surface area contributed by atoms with Crippen molar-refractivity contribution in [2.45, 2.75) is 33.7 Å². The second-order valence-corrected chi connectivity index (χ2v) is 5.42. The summed E-state index contributed by atoms with van der Waals surface area (Å²) in [5.41, 5.74) is 3.08. The van der Waals surface area contributed by atoms with Crippen LogP contribution in [0.5, 0.6) is 0 Å². The molecule has 0 fully saturated rings. The number of amides is 1. The fourth-order valence-corrected chi connectivity index (χ4v) is 1.86. The van der Waals surface area contributed by atoms with Gasteiger partial charge in [-0.25, -0.2) is 0 Å². The van der Waals surface area contributed by atoms with Crippen LogP contribution in [0.4, 0.5) is 5.69 Å². The molecule has 1 N–H and O–H groups in total. The molecule has 1 rings (SSSR count). The van der Waals surface area contributed by atoms with Crippen molar-refractivity contribution in [3.63, 3.8) is 0 Å². The van der Waals surface area contributed by atoms with Crippen LogP contribution in [-0.4, -0.2) is 43.0 Å². The van der Waals surface area contributed by atoms with E-state index < -0.39 is 0 Å². The Bertz CT molecular complexity index is 512. The number of benzene rings is 1. The third-order valence-corrected chi connectivity index (χ3v) is 3.43. The SMILES string of the molecule is COC(=O)CN(CC(=O)Nc1ccc(C)c(C)c1)C(C)C. The fraction of sp³-hybridized carbons (Fsp3) is 0.500. The van der Waals surface area contributed by atoms with Gasteiger partial charge in [0.15, 0.2) is 0 Å². The molecule has 1 amide bonds. The first kappa shape index (κ1) is 17.2. The number of nitrogens with zero attached hydrogens (tertiary/aromatic N) is 1. The zero-order valence-corrected chi connectivity index (χ0v) is 13.4. The maximum absolute atomic E-state index is 12.1. The zero-order chi connectivity index (χ0) is 16.0. The molecule has 5 heteroatoms. The topological polar surface area (TPSA) is 58.6 Å². The Morgan fingerprint density at radius 1 is 1.19 bits per heavy atom. The summed E-state index contributed by atoms with van der Waals surface area (Å²) in [5.74, 6) is -0.487. The Morgan fingerprint density at radius 3 is 2.38 bits per heavy atom. The zero-order valence-electron chi connectivity index (χ0n) is 13.4. The first-order valence-corrected chi connectivity index (χ1v) is 7.01. The van der Waals surface area contributed by atoms with Crippen LogP contribution in [0.15, 0.2) is 18.2 Å². The van der Waals surface area contributed by atoms with Crippen molar-refractivity contribution in [3.8, 4) is 0 Å². The number of aryl methyl sites for hydroxylation is 2. The van der Waals surface area contributed by atoms with E-state index in [0.29, 0.717) is 0 Å². The van der Waals surface area contributed by atoms with Crippen molar-refractivity contribution in [2.24, 2.45) is 0 Å². The number of ether oxygens (including phenoxy) is 1. The molecule has 116 valence electrons. The third-order valence-electron chi connectivity index (χ3n) is 3.43. The van der Waals surface area contributed by atoms with Crippen LogP contribution in [0, 0.1) is 13.8 Å². The van der Waals surface area contributed by atoms with Crippen LogP contribution < -0.4 is 5.32 Å². The average molecular weight is 292 g/mol. The van der Waals surface area contributed by atoms with Crippen molar-refractivity contribution in [2.75, 3.05) is 25.5 Å². The first-order chi connectivity index (χ1) is 9.83. The molecule has 5 nitrogen and oxygen atoms in total. The van der Waals surface area contributed by atoms with Crippen LogP contribution in [0.3, 0.4) is 0 Å². The van der Waals surface area contributed by atoms with Crippen molar-refractivity contribution in [1.29, 1.82) is 0 Å². The number of anilines is 1. The Hall–Kier alpha value is -1.88. The summed E-state index contributed by atoms with van der Waals surface area (Å²) in [6.07, 6.45) is 0. The Kier molecular flexibility index (Phi) is 6.37. The molecule has 0 saturated carbocycles. The van der Waals surface area contributed by atoms with Crippen molar-refractivity contribution < 1.29 is 14.3 Å². The van der Waals surface area contributed by atoms with Gasteiger partial charge in [0.2, 0.25) is 5.91 Å². The number of hydrogen-bond acceptors (Lipinski definition) is 4. The lowest BCUT2D eigenvalue weighted by molar-refractivity contribution is -0.142. The van der Waals surface area contributed by atoms with Gasteiger partial charge >= 0.3 is 5.97 Å². The first-order valence-electron chi connectivity index (χ1n) is 7.01. The normalized spacial score (nSPS) is 10.8. The number of carbonyl (C=O) groups excluding carboxylic acids is 2. The number of nitrogens with one attached hydrogen (secondary N) is 1. The lowest BCUT2D eigenvalue weighted by atomic mass is 10.1. The molecule has 0 aliphatic rings. The van der Waals surface area contributed by atoms with Gasteiger partial charge in [-0.2, -0.15) is 0 Å². The largest absolute Gasteiger partial charge is 0.468 e. The van der Waals surface area contributed by atoms with E-state index in [2.05, 4.69) is 10.1 Å². The van der Waals surface area contributed by atoms with Crippen LogP contribution in [0.25, 0.3) is 0 Å². The quantitative estimate of drug-likeness (QED) is 0.816. The van der Waals surface area contributed by atoms with E-state index in [0.717, 1.165) is 11.3 Å². The van der Waals surface area contributed by atoms with Crippen molar-refractivity contribution >= 4 is 17.6 Å². The van der Waals surface area contributed by atoms with E-state index in [1.165, 1.54) is 12.7 Å². The Labute approximate surface area is 126 Å². The molecule has 0 saturated heterocycles. The molecule has 0 spiro atoms. The molecule has 0 aromatic heterocycles. The lowest BCUT2D eigenvalue weighted by Crippen LogP contribution is -2.41. The number of methoxy groups -OCH3 is 1. The molecule has 0 heterocycles. The van der Waals surface area contributed by atoms with E-state index in [1.54, 1.807) is 4.90 Å². The summed E-state index contributed by atoms with van der Waals surface area (Å²) < 4.78 is 4.65. The molecular formula is C16H24N2O3. The summed E-state index contributed by atoms with van der Waals surface area (Å²) in [5, 5.41) is 2.85. The maximum atomic E-state index is 12.1. The van der Waals surface area contributed by atoms with Crippen LogP contribution >= 0.6 is 0 Å². The minimum atomic E-state index is -0.345. The second-order valence-electron chi connectivity index (χ2n) is 5.42. The molecule has 1 aromatic rings. The van der Waals surface area contributed by atoms with E-state index >= 15 is 0 Å². The summed E-state index contributed by atoms with van der Waals surface area (Å²) in [4.78, 5) is 25.2. The highest BCUT2D eigenvalue weighted by molar-refractivity contribution is 5.92. The maximum Gasteiger partial charge on any atom is 0.319 e. The molecule has 0 bridgehead atoms. The summed E-state index contributed by atoms with van der Waals surface area (Å²) >= 11 is 0. The highest BCUT2D eigenvalue weighted by Gasteiger charge is 2.17. The molecule has 0 atom stereocenters. The Balaban J connectivity index is 2.65. The van der Waals surface area contributed by atoms with Crippen LogP contribution in [0.1, 0.15) is 25.0 Å². The summed E-state index contributed by atoms with van der Waals surface area (Å²) in [6, 6.07) is 5.86. The van der Waals surface area contributed by atoms with E-state index in [-0.39, 0.29) is 31.0 Å². The van der Waals surface area contributed by atoms with E-state index in [1.807, 2.05) is 45.9 Å². The van der Waals surface area contributed by atoms with Gasteiger partial charge in [0, 0.05) is 11.7 Å². The number of hydrogen-bond donors (Lipinski definition) is 1. The third kappa shape index (κ3) is 5.55. The number of carbonyl (C=O) groups is 2. The molecule has 0 radical (unpaired) electrons. The predicted molar refractivity (Wildman–Crippen MR) is 83.3 cm³/mol. The van der Waals surface area contributed by atoms with Crippen LogP contribution in [-0.2, 0) is 14.3 Å². The van der Waals surface area contributed by atoms with Gasteiger partial charge in [-0.05, 0) is 51.0 Å². The highest BCUT2D eigenvalue weighted by atomic mass is 16.5. The summed E-state index contributed by atoms with van der Waals surface area (Å²) in [7, 11) is 1.34. The van der Waals surface area contributed by atoms with Gasteiger partial charge in [-0.3, -0.25) is 14.5 Å². The van der Waals surface area contributed by atoms with Crippen molar-refractivity contribution in [1.82, 2.24) is 4.90 Å². The van der Waals surface area contributed by atoms with E-state index in [9.17, 15) is 9.59 Å². The Morgan fingerprint density at radius 2 is 1.86 bits per heavy atom. The van der Waals surface area contributed by atoms with Crippen LogP contribution in [0.2, 0.25) is 0 Å². The smallest absolute Gasteiger partial charge is 0.319 e. The van der Waals surface area contributed by atoms with E-state index in [4.69, 9.17) is 0 Å². The summed E-state index contributed by atoms with van der Waals surface area (Å²) in [6.45, 7) is 8.16. The molecular weight excluding hydrogens is 268 g/mol. The monoisotopic (exact) mass is 292 g/mol. The molecule has 21 heavy (non-hydrogen) atoms. The minimum absolute atomic E-state index is 0.0783. The van der Waals surface area contributed by atoms with Gasteiger partial charge in [-0.15, -0.1) is 0 Å². The minimum Gasteiger partial charge on any atom is -0.468 e. The van der Waals surface area contributed by atoms with Gasteiger partial charge in [-0.1, -0.05) is 6.07 Å². The van der Waals surface area contributed by atoms with Gasteiger partial charge in [0.25, 0.3) is 0 Å². The van der Waals surface area contributed by atoms with Gasteiger partial charge < -0.3 is 10.1 Å². The molecule has 1 aromatic carbocycles. The second kappa shape index (κ2) is 7.78. The average Bonchev–Trinajstić information content (AvgIpc) is 2.41.